The third kappa shape index (κ3) is 8.67. The fourth-order valence-electron chi connectivity index (χ4n) is 4.96. The summed E-state index contributed by atoms with van der Waals surface area (Å²) in [4.78, 5) is 4.79. The van der Waals surface area contributed by atoms with E-state index in [1.165, 1.54) is 11.1 Å². The Bertz CT molecular complexity index is 900. The summed E-state index contributed by atoms with van der Waals surface area (Å²) in [5.74, 6) is 7.72. The topological polar surface area (TPSA) is 121 Å². The highest BCUT2D eigenvalue weighted by Gasteiger charge is 2.32. The number of hydrogen-bond donors (Lipinski definition) is 4. The van der Waals surface area contributed by atoms with Crippen LogP contribution in [0.2, 0.25) is 0 Å². The monoisotopic (exact) mass is 481 g/mol. The number of hydrogen-bond acceptors (Lipinski definition) is 5. The predicted molar refractivity (Wildman–Crippen MR) is 150 cm³/mol. The van der Waals surface area contributed by atoms with Crippen LogP contribution in [0.25, 0.3) is 0 Å². The molecule has 2 aliphatic heterocycles. The molecule has 194 valence electrons. The summed E-state index contributed by atoms with van der Waals surface area (Å²) in [5.41, 5.74) is 14.1. The van der Waals surface area contributed by atoms with Gasteiger partial charge in [-0.2, -0.15) is 5.10 Å². The van der Waals surface area contributed by atoms with Gasteiger partial charge in [-0.3, -0.25) is 15.2 Å². The van der Waals surface area contributed by atoms with Gasteiger partial charge in [-0.25, -0.2) is 0 Å². The van der Waals surface area contributed by atoms with Crippen LogP contribution in [-0.2, 0) is 13.1 Å². The van der Waals surface area contributed by atoms with Crippen molar-refractivity contribution in [2.75, 3.05) is 26.2 Å². The van der Waals surface area contributed by atoms with Crippen molar-refractivity contribution >= 4 is 11.7 Å². The zero-order valence-electron chi connectivity index (χ0n) is 19.9. The molecular formula is C28H47N7. The average molecular weight is 482 g/mol. The van der Waals surface area contributed by atoms with E-state index >= 15 is 0 Å². The first-order valence-corrected chi connectivity index (χ1v) is 11.8. The van der Waals surface area contributed by atoms with Gasteiger partial charge in [0.25, 0.3) is 0 Å². The number of likely N-dealkylation sites (tertiary alicyclic amines) is 2. The van der Waals surface area contributed by atoms with E-state index in [1.54, 1.807) is 0 Å². The Morgan fingerprint density at radius 1 is 0.771 bits per heavy atom. The second-order valence-corrected chi connectivity index (χ2v) is 9.54. The van der Waals surface area contributed by atoms with Crippen LogP contribution in [0.4, 0.5) is 0 Å². The summed E-state index contributed by atoms with van der Waals surface area (Å²) in [5, 5.41) is 11.2. The van der Waals surface area contributed by atoms with Crippen molar-refractivity contribution in [3.05, 3.63) is 71.8 Å². The summed E-state index contributed by atoms with van der Waals surface area (Å²) in [6.07, 6.45) is 0. The van der Waals surface area contributed by atoms with E-state index in [1.807, 2.05) is 12.1 Å². The standard InChI is InChI=1S/C13H20N4.C13H19N3.2CH4/c1-10-7-17(9-12(10)13(14)16-15)8-11-5-3-2-4-6-11;1-10-7-16(9-12(10)13(14)15)8-11-5-3-2-4-6-11;;/h2-6,10,12H,7-9,15H2,1H3,(H2,14,16);2-6,10,12H,7-9H2,1H3,(H3,14,15);2*1H4. The first-order valence-electron chi connectivity index (χ1n) is 11.8. The van der Waals surface area contributed by atoms with Crippen molar-refractivity contribution in [1.82, 2.24) is 9.80 Å². The third-order valence-corrected chi connectivity index (χ3v) is 6.80. The van der Waals surface area contributed by atoms with Gasteiger partial charge in [-0.15, -0.1) is 0 Å². The van der Waals surface area contributed by atoms with Crippen molar-refractivity contribution in [3.63, 3.8) is 0 Å². The van der Waals surface area contributed by atoms with Gasteiger partial charge in [0.1, 0.15) is 5.84 Å². The van der Waals surface area contributed by atoms with Gasteiger partial charge >= 0.3 is 0 Å². The molecule has 2 saturated heterocycles. The zero-order valence-corrected chi connectivity index (χ0v) is 19.9. The van der Waals surface area contributed by atoms with Gasteiger partial charge in [0, 0.05) is 51.1 Å². The molecular weight excluding hydrogens is 434 g/mol. The van der Waals surface area contributed by atoms with Crippen LogP contribution in [0.3, 0.4) is 0 Å². The van der Waals surface area contributed by atoms with E-state index in [0.29, 0.717) is 29.4 Å². The molecule has 0 bridgehead atoms. The summed E-state index contributed by atoms with van der Waals surface area (Å²) in [7, 11) is 0. The van der Waals surface area contributed by atoms with Crippen molar-refractivity contribution in [2.24, 2.45) is 46.1 Å². The van der Waals surface area contributed by atoms with Crippen molar-refractivity contribution in [1.29, 1.82) is 5.41 Å². The first kappa shape index (κ1) is 30.1. The average Bonchev–Trinajstić information content (AvgIpc) is 3.36. The molecule has 0 radical (unpaired) electrons. The maximum atomic E-state index is 7.54. The summed E-state index contributed by atoms with van der Waals surface area (Å²) >= 11 is 0. The summed E-state index contributed by atoms with van der Waals surface area (Å²) < 4.78 is 0. The zero-order chi connectivity index (χ0) is 23.8. The molecule has 7 N–H and O–H groups in total. The molecule has 0 aromatic heterocycles. The van der Waals surface area contributed by atoms with Crippen LogP contribution in [-0.4, -0.2) is 47.7 Å². The lowest BCUT2D eigenvalue weighted by atomic mass is 9.97. The molecule has 2 aromatic carbocycles. The lowest BCUT2D eigenvalue weighted by molar-refractivity contribution is 0.318. The summed E-state index contributed by atoms with van der Waals surface area (Å²) in [6, 6.07) is 20.9. The third-order valence-electron chi connectivity index (χ3n) is 6.80. The molecule has 7 nitrogen and oxygen atoms in total. The van der Waals surface area contributed by atoms with Crippen molar-refractivity contribution in [3.8, 4) is 0 Å². The number of rotatable bonds is 6. The summed E-state index contributed by atoms with van der Waals surface area (Å²) in [6.45, 7) is 10.3. The van der Waals surface area contributed by atoms with Crippen LogP contribution < -0.4 is 17.3 Å². The molecule has 4 unspecified atom stereocenters. The highest BCUT2D eigenvalue weighted by molar-refractivity contribution is 5.83. The van der Waals surface area contributed by atoms with Gasteiger partial charge < -0.3 is 17.3 Å². The quantitative estimate of drug-likeness (QED) is 0.215. The van der Waals surface area contributed by atoms with E-state index in [2.05, 4.69) is 77.3 Å². The molecule has 2 fully saturated rings. The minimum absolute atomic E-state index is 0. The second kappa shape index (κ2) is 14.5. The van der Waals surface area contributed by atoms with E-state index in [4.69, 9.17) is 22.7 Å². The molecule has 0 saturated carbocycles. The van der Waals surface area contributed by atoms with Crippen LogP contribution in [0.1, 0.15) is 39.8 Å². The number of amidine groups is 2. The molecule has 2 aliphatic rings. The molecule has 7 heteroatoms. The molecule has 0 spiro atoms. The molecule has 4 atom stereocenters. The minimum Gasteiger partial charge on any atom is -0.387 e. The Morgan fingerprint density at radius 2 is 1.17 bits per heavy atom. The number of nitrogens with zero attached hydrogens (tertiary/aromatic N) is 3. The lowest BCUT2D eigenvalue weighted by Crippen LogP contribution is -2.30. The van der Waals surface area contributed by atoms with Crippen LogP contribution >= 0.6 is 0 Å². The van der Waals surface area contributed by atoms with Crippen LogP contribution in [0.5, 0.6) is 0 Å². The van der Waals surface area contributed by atoms with E-state index < -0.39 is 0 Å². The molecule has 35 heavy (non-hydrogen) atoms. The van der Waals surface area contributed by atoms with Gasteiger partial charge in [0.05, 0.1) is 5.84 Å². The molecule has 0 aliphatic carbocycles. The van der Waals surface area contributed by atoms with Gasteiger partial charge in [-0.1, -0.05) is 89.4 Å². The van der Waals surface area contributed by atoms with Crippen molar-refractivity contribution in [2.45, 2.75) is 41.8 Å². The van der Waals surface area contributed by atoms with Crippen LogP contribution in [0, 0.1) is 29.1 Å². The van der Waals surface area contributed by atoms with Crippen LogP contribution in [0.15, 0.2) is 65.8 Å². The Kier molecular flexibility index (Phi) is 12.5. The van der Waals surface area contributed by atoms with Gasteiger partial charge in [0.15, 0.2) is 0 Å². The highest BCUT2D eigenvalue weighted by atomic mass is 15.2. The smallest absolute Gasteiger partial charge is 0.124 e. The van der Waals surface area contributed by atoms with Gasteiger partial charge in [0.2, 0.25) is 0 Å². The maximum absolute atomic E-state index is 7.54. The molecule has 2 heterocycles. The second-order valence-electron chi connectivity index (χ2n) is 9.54. The molecule has 0 amide bonds. The SMILES string of the molecule is C.C.CC1CN(Cc2ccccc2)CC1C(=N)N.CC1CN(Cc2ccccc2)CC1C(N)=NN. The highest BCUT2D eigenvalue weighted by Crippen LogP contribution is 2.25. The Labute approximate surface area is 212 Å². The van der Waals surface area contributed by atoms with E-state index in [-0.39, 0.29) is 20.8 Å². The maximum Gasteiger partial charge on any atom is 0.124 e. The molecule has 4 rings (SSSR count). The van der Waals surface area contributed by atoms with Crippen molar-refractivity contribution < 1.29 is 0 Å². The van der Waals surface area contributed by atoms with Gasteiger partial charge in [-0.05, 0) is 23.0 Å². The fourth-order valence-corrected chi connectivity index (χ4v) is 4.96. The number of benzene rings is 2. The first-order chi connectivity index (χ1) is 15.9. The fraction of sp³-hybridized carbons (Fsp3) is 0.500. The largest absolute Gasteiger partial charge is 0.387 e. The number of nitrogens with two attached hydrogens (primary N) is 3. The Hall–Kier alpha value is -2.90. The molecule has 2 aromatic rings. The normalized spacial score (nSPS) is 24.6. The predicted octanol–water partition coefficient (Wildman–Crippen LogP) is 3.95. The van der Waals surface area contributed by atoms with E-state index in [0.717, 1.165) is 39.3 Å². The Balaban J connectivity index is 0.000000332. The number of nitrogens with one attached hydrogen (secondary N) is 1. The van der Waals surface area contributed by atoms with E-state index in [9.17, 15) is 0 Å². The minimum atomic E-state index is 0. The number of hydrazone groups is 1. The Morgan fingerprint density at radius 3 is 1.54 bits per heavy atom. The lowest BCUT2D eigenvalue weighted by Gasteiger charge is -2.15.